The zero-order chi connectivity index (χ0) is 14.8. The highest BCUT2D eigenvalue weighted by atomic mass is 32.2. The number of nitrogens with one attached hydrogen (secondary N) is 1. The molecule has 0 radical (unpaired) electrons. The molecule has 7 nitrogen and oxygen atoms in total. The van der Waals surface area contributed by atoms with Crippen LogP contribution < -0.4 is 5.32 Å². The predicted molar refractivity (Wildman–Crippen MR) is 81.2 cm³/mol. The van der Waals surface area contributed by atoms with Crippen molar-refractivity contribution in [3.8, 4) is 0 Å². The normalized spacial score (nSPS) is 17.1. The maximum Gasteiger partial charge on any atom is 0.304 e. The Bertz CT molecular complexity index is 593. The zero-order valence-corrected chi connectivity index (χ0v) is 13.3. The fraction of sp³-hybridized carbons (Fsp3) is 0.600. The van der Waals surface area contributed by atoms with E-state index in [1.54, 1.807) is 18.7 Å². The molecule has 0 aromatic carbocycles. The predicted octanol–water partition coefficient (Wildman–Crippen LogP) is 1.83. The number of sulfonamides is 1. The van der Waals surface area contributed by atoms with Crippen LogP contribution in [-0.2, 0) is 10.0 Å². The van der Waals surface area contributed by atoms with Gasteiger partial charge in [0.05, 0.1) is 4.92 Å². The van der Waals surface area contributed by atoms with Crippen LogP contribution >= 0.6 is 23.1 Å². The number of hydrogen-bond acceptors (Lipinski definition) is 7. The van der Waals surface area contributed by atoms with Crippen molar-refractivity contribution in [1.29, 1.82) is 0 Å². The molecule has 1 N–H and O–H groups in total. The molecule has 2 rings (SSSR count). The maximum atomic E-state index is 12.5. The maximum absolute atomic E-state index is 12.5. The number of thiophene rings is 1. The van der Waals surface area contributed by atoms with Gasteiger partial charge in [-0.25, -0.2) is 8.42 Å². The molecule has 0 bridgehead atoms. The van der Waals surface area contributed by atoms with Gasteiger partial charge >= 0.3 is 5.69 Å². The summed E-state index contributed by atoms with van der Waals surface area (Å²) in [5.74, 6) is 1.51. The largest absolute Gasteiger partial charge is 0.372 e. The van der Waals surface area contributed by atoms with E-state index in [0.717, 1.165) is 28.9 Å². The monoisotopic (exact) mass is 337 g/mol. The molecule has 10 heteroatoms. The summed E-state index contributed by atoms with van der Waals surface area (Å²) in [6.07, 6.45) is 0. The lowest BCUT2D eigenvalue weighted by atomic mass is 10.5. The van der Waals surface area contributed by atoms with Gasteiger partial charge in [0.25, 0.3) is 10.0 Å². The Balaban J connectivity index is 2.36. The smallest absolute Gasteiger partial charge is 0.304 e. The van der Waals surface area contributed by atoms with Crippen molar-refractivity contribution >= 4 is 43.8 Å². The quantitative estimate of drug-likeness (QED) is 0.651. The van der Waals surface area contributed by atoms with Gasteiger partial charge in [-0.1, -0.05) is 11.3 Å². The minimum absolute atomic E-state index is 0.0343. The lowest BCUT2D eigenvalue weighted by Gasteiger charge is -2.24. The van der Waals surface area contributed by atoms with Crippen molar-refractivity contribution in [2.45, 2.75) is 11.1 Å². The second-order valence-corrected chi connectivity index (χ2v) is 8.53. The summed E-state index contributed by atoms with van der Waals surface area (Å²) < 4.78 is 26.3. The van der Waals surface area contributed by atoms with E-state index < -0.39 is 14.9 Å². The number of hydrogen-bond donors (Lipinski definition) is 1. The van der Waals surface area contributed by atoms with Crippen molar-refractivity contribution in [3.63, 3.8) is 0 Å². The van der Waals surface area contributed by atoms with Gasteiger partial charge in [0.1, 0.15) is 4.21 Å². The number of thioether (sulfide) groups is 1. The van der Waals surface area contributed by atoms with Crippen LogP contribution in [0.4, 0.5) is 10.7 Å². The van der Waals surface area contributed by atoms with Crippen LogP contribution in [-0.4, -0.2) is 48.8 Å². The van der Waals surface area contributed by atoms with Gasteiger partial charge in [0.2, 0.25) is 0 Å². The molecule has 1 aliphatic heterocycles. The molecule has 1 aromatic heterocycles. The van der Waals surface area contributed by atoms with Crippen LogP contribution in [0.15, 0.2) is 10.3 Å². The fourth-order valence-electron chi connectivity index (χ4n) is 1.82. The molecule has 0 spiro atoms. The van der Waals surface area contributed by atoms with Gasteiger partial charge in [-0.05, 0) is 6.92 Å². The summed E-state index contributed by atoms with van der Waals surface area (Å²) in [6.45, 7) is 3.21. The molecule has 1 saturated heterocycles. The molecule has 0 atom stereocenters. The third-order valence-corrected chi connectivity index (χ3v) is 7.16. The lowest BCUT2D eigenvalue weighted by molar-refractivity contribution is -0.383. The van der Waals surface area contributed by atoms with Gasteiger partial charge in [0, 0.05) is 37.2 Å². The fourth-order valence-corrected chi connectivity index (χ4v) is 5.95. The molecule has 1 aromatic rings. The highest BCUT2D eigenvalue weighted by Gasteiger charge is 2.31. The van der Waals surface area contributed by atoms with Crippen LogP contribution in [0.5, 0.6) is 0 Å². The Labute approximate surface area is 125 Å². The lowest BCUT2D eigenvalue weighted by Crippen LogP contribution is -2.37. The van der Waals surface area contributed by atoms with Crippen molar-refractivity contribution in [3.05, 3.63) is 16.2 Å². The molecule has 2 heterocycles. The first-order valence-electron chi connectivity index (χ1n) is 6.06. The number of nitrogens with zero attached hydrogens (tertiary/aromatic N) is 2. The first-order valence-corrected chi connectivity index (χ1v) is 9.48. The average Bonchev–Trinajstić information content (AvgIpc) is 2.85. The topological polar surface area (TPSA) is 92.6 Å². The molecule has 0 aliphatic carbocycles. The Kier molecular flexibility index (Phi) is 4.89. The third kappa shape index (κ3) is 3.08. The van der Waals surface area contributed by atoms with Gasteiger partial charge in [-0.3, -0.25) is 10.1 Å². The highest BCUT2D eigenvalue weighted by Crippen LogP contribution is 2.38. The van der Waals surface area contributed by atoms with Gasteiger partial charge in [-0.15, -0.1) is 0 Å². The summed E-state index contributed by atoms with van der Waals surface area (Å²) in [5, 5.41) is 14.1. The van der Waals surface area contributed by atoms with Crippen molar-refractivity contribution in [2.24, 2.45) is 0 Å². The van der Waals surface area contributed by atoms with Crippen LogP contribution in [0.3, 0.4) is 0 Å². The second kappa shape index (κ2) is 6.29. The van der Waals surface area contributed by atoms with Crippen LogP contribution in [0, 0.1) is 10.1 Å². The number of nitro groups is 1. The van der Waals surface area contributed by atoms with Crippen LogP contribution in [0.1, 0.15) is 6.92 Å². The van der Waals surface area contributed by atoms with Crippen molar-refractivity contribution < 1.29 is 13.3 Å². The third-order valence-electron chi connectivity index (χ3n) is 2.79. The molecule has 0 amide bonds. The van der Waals surface area contributed by atoms with Crippen molar-refractivity contribution in [1.82, 2.24) is 4.31 Å². The van der Waals surface area contributed by atoms with Gasteiger partial charge in [-0.2, -0.15) is 16.1 Å². The van der Waals surface area contributed by atoms with E-state index in [1.165, 1.54) is 4.31 Å². The summed E-state index contributed by atoms with van der Waals surface area (Å²) in [5.41, 5.74) is -0.179. The minimum Gasteiger partial charge on any atom is -0.372 e. The zero-order valence-electron chi connectivity index (χ0n) is 10.9. The van der Waals surface area contributed by atoms with Crippen molar-refractivity contribution in [2.75, 3.05) is 36.5 Å². The van der Waals surface area contributed by atoms with E-state index >= 15 is 0 Å². The van der Waals surface area contributed by atoms with E-state index in [9.17, 15) is 18.5 Å². The van der Waals surface area contributed by atoms with Crippen LogP contribution in [0.25, 0.3) is 0 Å². The molecule has 0 unspecified atom stereocenters. The first-order chi connectivity index (χ1) is 9.46. The van der Waals surface area contributed by atoms with E-state index in [1.807, 2.05) is 0 Å². The summed E-state index contributed by atoms with van der Waals surface area (Å²) in [4.78, 5) is 10.4. The molecule has 0 saturated carbocycles. The molecular weight excluding hydrogens is 322 g/mol. The van der Waals surface area contributed by atoms with Crippen LogP contribution in [0.2, 0.25) is 0 Å². The highest BCUT2D eigenvalue weighted by molar-refractivity contribution is 7.99. The molecule has 20 heavy (non-hydrogen) atoms. The summed E-state index contributed by atoms with van der Waals surface area (Å²) in [6, 6.07) is 1.15. The average molecular weight is 337 g/mol. The molecule has 1 fully saturated rings. The molecule has 112 valence electrons. The summed E-state index contributed by atoms with van der Waals surface area (Å²) in [7, 11) is -3.62. The molecule has 1 aliphatic rings. The first kappa shape index (κ1) is 15.5. The standard InChI is InChI=1S/C10H15N3O4S3/c1-2-11-10-8(13(14)15)7-9(19-10)20(16,17)12-3-5-18-6-4-12/h7,11H,2-6H2,1H3. The van der Waals surface area contributed by atoms with E-state index in [0.29, 0.717) is 24.6 Å². The van der Waals surface area contributed by atoms with E-state index in [2.05, 4.69) is 5.32 Å². The van der Waals surface area contributed by atoms with E-state index in [-0.39, 0.29) is 9.90 Å². The Morgan fingerprint density at radius 3 is 2.65 bits per heavy atom. The number of rotatable bonds is 5. The minimum atomic E-state index is -3.62. The van der Waals surface area contributed by atoms with Gasteiger partial charge < -0.3 is 5.32 Å². The summed E-state index contributed by atoms with van der Waals surface area (Å²) >= 11 is 2.63. The van der Waals surface area contributed by atoms with E-state index in [4.69, 9.17) is 0 Å². The van der Waals surface area contributed by atoms with Gasteiger partial charge in [0.15, 0.2) is 5.00 Å². The number of anilines is 1. The Hall–Kier alpha value is -0.840. The second-order valence-electron chi connectivity index (χ2n) is 4.08. The SMILES string of the molecule is CCNc1sc(S(=O)(=O)N2CCSCC2)cc1[N+](=O)[O-]. The molecular formula is C10H15N3O4S3. The Morgan fingerprint density at radius 2 is 2.10 bits per heavy atom. The Morgan fingerprint density at radius 1 is 1.45 bits per heavy atom.